The van der Waals surface area contributed by atoms with Gasteiger partial charge in [-0.05, 0) is 18.6 Å². The normalized spacial score (nSPS) is 11.8. The third kappa shape index (κ3) is 2.72. The number of nitrogen functional groups attached to an aromatic ring is 1. The van der Waals surface area contributed by atoms with E-state index in [4.69, 9.17) is 5.73 Å². The summed E-state index contributed by atoms with van der Waals surface area (Å²) < 4.78 is 39.6. The molecule has 2 N–H and O–H groups in total. The van der Waals surface area contributed by atoms with Gasteiger partial charge in [-0.3, -0.25) is 0 Å². The van der Waals surface area contributed by atoms with E-state index in [1.165, 1.54) is 6.07 Å². The maximum absolute atomic E-state index is 12.6. The quantitative estimate of drug-likeness (QED) is 0.911. The fraction of sp³-hybridized carbons (Fsp3) is 0.308. The summed E-state index contributed by atoms with van der Waals surface area (Å²) in [6.07, 6.45) is -3.99. The van der Waals surface area contributed by atoms with E-state index in [2.05, 4.69) is 4.98 Å². The molecule has 0 aliphatic carbocycles. The molecule has 0 saturated carbocycles. The van der Waals surface area contributed by atoms with Crippen LogP contribution in [-0.4, -0.2) is 9.55 Å². The van der Waals surface area contributed by atoms with Crippen LogP contribution in [-0.2, 0) is 19.6 Å². The summed E-state index contributed by atoms with van der Waals surface area (Å²) in [5, 5.41) is 0. The number of nitrogens with two attached hydrogens (primary N) is 1. The largest absolute Gasteiger partial charge is 0.416 e. The second kappa shape index (κ2) is 4.60. The Balaban J connectivity index is 2.31. The van der Waals surface area contributed by atoms with Crippen LogP contribution in [0.1, 0.15) is 22.5 Å². The fourth-order valence-corrected chi connectivity index (χ4v) is 1.88. The predicted molar refractivity (Wildman–Crippen MR) is 66.6 cm³/mol. The van der Waals surface area contributed by atoms with Gasteiger partial charge in [0.25, 0.3) is 0 Å². The predicted octanol–water partition coefficient (Wildman–Crippen LogP) is 2.92. The highest BCUT2D eigenvalue weighted by Crippen LogP contribution is 2.30. The lowest BCUT2D eigenvalue weighted by Crippen LogP contribution is -2.05. The van der Waals surface area contributed by atoms with E-state index in [9.17, 15) is 13.2 Å². The van der Waals surface area contributed by atoms with Gasteiger partial charge in [0.1, 0.15) is 0 Å². The number of benzene rings is 1. The summed E-state index contributed by atoms with van der Waals surface area (Å²) in [6.45, 7) is 1.84. The van der Waals surface area contributed by atoms with Crippen molar-refractivity contribution in [3.05, 3.63) is 46.8 Å². The maximum Gasteiger partial charge on any atom is 0.416 e. The van der Waals surface area contributed by atoms with E-state index in [1.54, 1.807) is 17.7 Å². The lowest BCUT2D eigenvalue weighted by atomic mass is 10.1. The van der Waals surface area contributed by atoms with Gasteiger partial charge in [0.2, 0.25) is 0 Å². The Labute approximate surface area is 108 Å². The van der Waals surface area contributed by atoms with Crippen LogP contribution >= 0.6 is 0 Å². The molecule has 0 unspecified atom stereocenters. The molecule has 0 aliphatic rings. The van der Waals surface area contributed by atoms with Crippen molar-refractivity contribution in [3.63, 3.8) is 0 Å². The first-order valence-electron chi connectivity index (χ1n) is 5.73. The number of rotatable bonds is 2. The van der Waals surface area contributed by atoms with Crippen LogP contribution in [0, 0.1) is 6.92 Å². The van der Waals surface area contributed by atoms with E-state index in [0.717, 1.165) is 17.8 Å². The number of aromatic nitrogens is 2. The van der Waals surface area contributed by atoms with Crippen molar-refractivity contribution < 1.29 is 13.2 Å². The van der Waals surface area contributed by atoms with Crippen LogP contribution in [0.4, 0.5) is 19.1 Å². The van der Waals surface area contributed by atoms with E-state index in [1.807, 2.05) is 6.92 Å². The first-order valence-corrected chi connectivity index (χ1v) is 5.73. The van der Waals surface area contributed by atoms with Crippen molar-refractivity contribution in [2.24, 2.45) is 7.05 Å². The monoisotopic (exact) mass is 269 g/mol. The average Bonchev–Trinajstić information content (AvgIpc) is 2.56. The topological polar surface area (TPSA) is 43.8 Å². The third-order valence-electron chi connectivity index (χ3n) is 3.14. The van der Waals surface area contributed by atoms with E-state index < -0.39 is 11.7 Å². The number of imidazole rings is 1. The van der Waals surface area contributed by atoms with Gasteiger partial charge in [-0.2, -0.15) is 13.2 Å². The highest BCUT2D eigenvalue weighted by atomic mass is 19.4. The van der Waals surface area contributed by atoms with Crippen LogP contribution in [0.5, 0.6) is 0 Å². The van der Waals surface area contributed by atoms with Crippen molar-refractivity contribution >= 4 is 5.95 Å². The lowest BCUT2D eigenvalue weighted by Gasteiger charge is -2.08. The Morgan fingerprint density at radius 3 is 2.53 bits per heavy atom. The van der Waals surface area contributed by atoms with E-state index in [-0.39, 0.29) is 0 Å². The smallest absolute Gasteiger partial charge is 0.369 e. The Morgan fingerprint density at radius 1 is 1.32 bits per heavy atom. The number of hydrogen-bond donors (Lipinski definition) is 1. The van der Waals surface area contributed by atoms with Crippen molar-refractivity contribution in [3.8, 4) is 0 Å². The van der Waals surface area contributed by atoms with Crippen molar-refractivity contribution in [2.75, 3.05) is 5.73 Å². The van der Waals surface area contributed by atoms with Crippen LogP contribution < -0.4 is 5.73 Å². The second-order valence-corrected chi connectivity index (χ2v) is 4.44. The molecule has 0 bridgehead atoms. The molecule has 6 heteroatoms. The minimum Gasteiger partial charge on any atom is -0.369 e. The minimum absolute atomic E-state index is 0.334. The summed E-state index contributed by atoms with van der Waals surface area (Å²) in [6, 6.07) is 5.26. The molecule has 1 aromatic carbocycles. The summed E-state index contributed by atoms with van der Waals surface area (Å²) in [4.78, 5) is 4.16. The molecule has 19 heavy (non-hydrogen) atoms. The van der Waals surface area contributed by atoms with Gasteiger partial charge in [0, 0.05) is 19.2 Å². The van der Waals surface area contributed by atoms with Crippen molar-refractivity contribution in [2.45, 2.75) is 19.5 Å². The first kappa shape index (κ1) is 13.5. The van der Waals surface area contributed by atoms with Crippen LogP contribution in [0.25, 0.3) is 0 Å². The van der Waals surface area contributed by atoms with Gasteiger partial charge in [-0.1, -0.05) is 18.2 Å². The fourth-order valence-electron chi connectivity index (χ4n) is 1.88. The Hall–Kier alpha value is -1.98. The zero-order chi connectivity index (χ0) is 14.2. The number of nitrogens with zero attached hydrogens (tertiary/aromatic N) is 2. The third-order valence-corrected chi connectivity index (χ3v) is 3.14. The van der Waals surface area contributed by atoms with Crippen LogP contribution in [0.2, 0.25) is 0 Å². The van der Waals surface area contributed by atoms with Gasteiger partial charge in [0.15, 0.2) is 5.95 Å². The molecule has 0 saturated heterocycles. The molecule has 0 spiro atoms. The highest BCUT2D eigenvalue weighted by Gasteiger charge is 2.30. The molecule has 102 valence electrons. The number of halogens is 3. The second-order valence-electron chi connectivity index (χ2n) is 4.44. The molecule has 3 nitrogen and oxygen atoms in total. The summed E-state index contributed by atoms with van der Waals surface area (Å²) in [5.41, 5.74) is 7.14. The summed E-state index contributed by atoms with van der Waals surface area (Å²) in [5.74, 6) is 0.361. The molecular weight excluding hydrogens is 255 g/mol. The Kier molecular flexibility index (Phi) is 3.26. The summed E-state index contributed by atoms with van der Waals surface area (Å²) >= 11 is 0. The zero-order valence-electron chi connectivity index (χ0n) is 10.6. The minimum atomic E-state index is -4.33. The lowest BCUT2D eigenvalue weighted by molar-refractivity contribution is -0.137. The molecule has 0 fully saturated rings. The van der Waals surface area contributed by atoms with E-state index >= 15 is 0 Å². The summed E-state index contributed by atoms with van der Waals surface area (Å²) in [7, 11) is 1.77. The van der Waals surface area contributed by atoms with Crippen molar-refractivity contribution in [1.82, 2.24) is 9.55 Å². The Morgan fingerprint density at radius 2 is 2.00 bits per heavy atom. The van der Waals surface area contributed by atoms with Gasteiger partial charge in [-0.25, -0.2) is 4.98 Å². The highest BCUT2D eigenvalue weighted by molar-refractivity contribution is 5.34. The van der Waals surface area contributed by atoms with Crippen LogP contribution in [0.3, 0.4) is 0 Å². The van der Waals surface area contributed by atoms with Gasteiger partial charge >= 0.3 is 6.18 Å². The molecule has 0 radical (unpaired) electrons. The molecule has 1 aromatic heterocycles. The molecule has 1 heterocycles. The number of hydrogen-bond acceptors (Lipinski definition) is 2. The molecule has 2 aromatic rings. The molecule has 0 aliphatic heterocycles. The molecule has 0 amide bonds. The molecular formula is C13H14F3N3. The van der Waals surface area contributed by atoms with Gasteiger partial charge in [-0.15, -0.1) is 0 Å². The van der Waals surface area contributed by atoms with E-state index in [0.29, 0.717) is 23.6 Å². The van der Waals surface area contributed by atoms with Crippen molar-refractivity contribution in [1.29, 1.82) is 0 Å². The van der Waals surface area contributed by atoms with Crippen LogP contribution in [0.15, 0.2) is 24.3 Å². The standard InChI is InChI=1S/C13H14F3N3/c1-8-11(18-12(17)19(8)2)7-9-4-3-5-10(6-9)13(14,15)16/h3-6H,7H2,1-2H3,(H2,17,18). The molecule has 2 rings (SSSR count). The zero-order valence-corrected chi connectivity index (χ0v) is 10.6. The number of anilines is 1. The maximum atomic E-state index is 12.6. The first-order chi connectivity index (χ1) is 8.79. The average molecular weight is 269 g/mol. The Bertz CT molecular complexity index is 600. The van der Waals surface area contributed by atoms with Gasteiger partial charge < -0.3 is 10.3 Å². The number of alkyl halides is 3. The SMILES string of the molecule is Cc1c(Cc2cccc(C(F)(F)F)c2)nc(N)n1C. The molecule has 0 atom stereocenters. The van der Waals surface area contributed by atoms with Gasteiger partial charge in [0.05, 0.1) is 11.3 Å².